The highest BCUT2D eigenvalue weighted by atomic mass is 32.1. The number of halogens is 3. The van der Waals surface area contributed by atoms with E-state index < -0.39 is 12.0 Å². The first kappa shape index (κ1) is 19.1. The lowest BCUT2D eigenvalue weighted by molar-refractivity contribution is -0.145. The fourth-order valence-corrected chi connectivity index (χ4v) is 4.59. The predicted octanol–water partition coefficient (Wildman–Crippen LogP) is 2.83. The van der Waals surface area contributed by atoms with Crippen molar-refractivity contribution in [2.24, 2.45) is 5.41 Å². The van der Waals surface area contributed by atoms with E-state index in [9.17, 15) is 13.2 Å². The van der Waals surface area contributed by atoms with Gasteiger partial charge in [0.15, 0.2) is 10.8 Å². The molecule has 0 atom stereocenters. The quantitative estimate of drug-likeness (QED) is 0.622. The number of anilines is 2. The first-order valence-electron chi connectivity index (χ1n) is 9.32. The monoisotopic (exact) mass is 434 g/mol. The molecule has 0 aromatic carbocycles. The van der Waals surface area contributed by atoms with Gasteiger partial charge in [-0.25, -0.2) is 15.0 Å². The Kier molecular flexibility index (Phi) is 4.34. The summed E-state index contributed by atoms with van der Waals surface area (Å²) in [6.07, 6.45) is 0.659. The Labute approximate surface area is 173 Å². The number of hydrogen-bond acceptors (Lipinski definition) is 9. The molecule has 0 bridgehead atoms. The molecule has 8 nitrogen and oxygen atoms in total. The molecule has 0 unspecified atom stereocenters. The van der Waals surface area contributed by atoms with Gasteiger partial charge in [-0.05, 0) is 13.3 Å². The molecule has 0 N–H and O–H groups in total. The van der Waals surface area contributed by atoms with Gasteiger partial charge in [0, 0.05) is 31.6 Å². The molecule has 156 valence electrons. The van der Waals surface area contributed by atoms with Crippen molar-refractivity contribution in [1.82, 2.24) is 30.1 Å². The van der Waals surface area contributed by atoms with E-state index in [1.54, 1.807) is 11.7 Å². The van der Waals surface area contributed by atoms with Gasteiger partial charge in [-0.3, -0.25) is 4.98 Å². The molecule has 5 heterocycles. The zero-order chi connectivity index (χ0) is 20.9. The summed E-state index contributed by atoms with van der Waals surface area (Å²) in [5.41, 5.74) is 3.91. The molecular weight excluding hydrogens is 417 g/mol. The van der Waals surface area contributed by atoms with Gasteiger partial charge in [-0.1, -0.05) is 11.3 Å². The van der Waals surface area contributed by atoms with Crippen molar-refractivity contribution >= 4 is 22.8 Å². The second-order valence-corrected chi connectivity index (χ2v) is 8.53. The predicted molar refractivity (Wildman–Crippen MR) is 104 cm³/mol. The molecule has 0 aliphatic carbocycles. The summed E-state index contributed by atoms with van der Waals surface area (Å²) in [5.74, 6) is -0.270. The molecule has 1 spiro atoms. The number of aryl methyl sites for hydroxylation is 1. The van der Waals surface area contributed by atoms with Gasteiger partial charge in [0.1, 0.15) is 11.2 Å². The Hall–Kier alpha value is -2.89. The van der Waals surface area contributed by atoms with Crippen LogP contribution in [0.2, 0.25) is 0 Å². The topological polar surface area (TPSA) is 83.8 Å². The van der Waals surface area contributed by atoms with Gasteiger partial charge >= 0.3 is 6.18 Å². The second kappa shape index (κ2) is 6.83. The first-order chi connectivity index (χ1) is 14.3. The lowest BCUT2D eigenvalue weighted by Gasteiger charge is -2.49. The molecule has 0 amide bonds. The molecule has 12 heteroatoms. The Bertz CT molecular complexity index is 1050. The van der Waals surface area contributed by atoms with E-state index in [1.165, 1.54) is 23.7 Å². The van der Waals surface area contributed by atoms with Crippen molar-refractivity contribution in [3.8, 4) is 10.7 Å². The largest absolute Gasteiger partial charge is 0.451 e. The minimum atomic E-state index is -4.53. The van der Waals surface area contributed by atoms with Crippen LogP contribution < -0.4 is 9.80 Å². The van der Waals surface area contributed by atoms with Crippen molar-refractivity contribution in [3.05, 3.63) is 35.6 Å². The highest BCUT2D eigenvalue weighted by Crippen LogP contribution is 2.43. The SMILES string of the molecule is Cc1ncc(-c2nncs2)nc1N1CCC2(CN(c3cnc(C(F)(F)F)nc3)C2)C1. The summed E-state index contributed by atoms with van der Waals surface area (Å²) in [5, 5.41) is 8.65. The van der Waals surface area contributed by atoms with Crippen LogP contribution >= 0.6 is 11.3 Å². The molecule has 0 radical (unpaired) electrons. The van der Waals surface area contributed by atoms with Crippen LogP contribution in [0, 0.1) is 12.3 Å². The van der Waals surface area contributed by atoms with E-state index in [2.05, 4.69) is 30.0 Å². The van der Waals surface area contributed by atoms with Crippen LogP contribution in [-0.2, 0) is 6.18 Å². The number of alkyl halides is 3. The third-order valence-corrected chi connectivity index (χ3v) is 6.27. The summed E-state index contributed by atoms with van der Waals surface area (Å²) in [7, 11) is 0. The molecule has 2 saturated heterocycles. The van der Waals surface area contributed by atoms with Crippen LogP contribution in [0.4, 0.5) is 24.7 Å². The molecule has 3 aromatic rings. The minimum Gasteiger partial charge on any atom is -0.368 e. The maximum Gasteiger partial charge on any atom is 0.451 e. The standard InChI is InChI=1S/C18H17F3N8S/c1-11-14(26-13(6-22-11)15-27-25-10-30-15)28-3-2-17(7-28)8-29(9-17)12-4-23-16(24-5-12)18(19,20)21/h4-6,10H,2-3,7-9H2,1H3. The zero-order valence-corrected chi connectivity index (χ0v) is 16.8. The van der Waals surface area contributed by atoms with Crippen LogP contribution in [0.3, 0.4) is 0 Å². The van der Waals surface area contributed by atoms with Crippen molar-refractivity contribution in [2.45, 2.75) is 19.5 Å². The smallest absolute Gasteiger partial charge is 0.368 e. The van der Waals surface area contributed by atoms with Gasteiger partial charge in [-0.15, -0.1) is 10.2 Å². The van der Waals surface area contributed by atoms with Crippen molar-refractivity contribution in [1.29, 1.82) is 0 Å². The Morgan fingerprint density at radius 2 is 1.77 bits per heavy atom. The lowest BCUT2D eigenvalue weighted by atomic mass is 9.79. The van der Waals surface area contributed by atoms with E-state index in [0.29, 0.717) is 11.4 Å². The van der Waals surface area contributed by atoms with Gasteiger partial charge < -0.3 is 9.80 Å². The highest BCUT2D eigenvalue weighted by molar-refractivity contribution is 7.12. The molecule has 0 saturated carbocycles. The van der Waals surface area contributed by atoms with Gasteiger partial charge in [-0.2, -0.15) is 13.2 Å². The average molecular weight is 434 g/mol. The minimum absolute atomic E-state index is 0.0789. The normalized spacial score (nSPS) is 18.1. The molecule has 2 fully saturated rings. The van der Waals surface area contributed by atoms with E-state index in [0.717, 1.165) is 49.1 Å². The second-order valence-electron chi connectivity index (χ2n) is 7.70. The lowest BCUT2D eigenvalue weighted by Crippen LogP contribution is -2.58. The van der Waals surface area contributed by atoms with E-state index in [1.807, 2.05) is 11.8 Å². The van der Waals surface area contributed by atoms with E-state index >= 15 is 0 Å². The fourth-order valence-electron chi connectivity index (χ4n) is 4.08. The third-order valence-electron chi connectivity index (χ3n) is 5.56. The molecule has 3 aromatic heterocycles. The fraction of sp³-hybridized carbons (Fsp3) is 0.444. The van der Waals surface area contributed by atoms with Crippen LogP contribution in [0.1, 0.15) is 17.9 Å². The average Bonchev–Trinajstić information content (AvgIpc) is 3.37. The Morgan fingerprint density at radius 1 is 1.03 bits per heavy atom. The van der Waals surface area contributed by atoms with Crippen LogP contribution in [-0.4, -0.2) is 56.3 Å². The summed E-state index contributed by atoms with van der Waals surface area (Å²) in [6, 6.07) is 0. The first-order valence-corrected chi connectivity index (χ1v) is 10.2. The maximum atomic E-state index is 12.7. The van der Waals surface area contributed by atoms with Crippen molar-refractivity contribution < 1.29 is 13.2 Å². The zero-order valence-electron chi connectivity index (χ0n) is 16.0. The molecular formula is C18H17F3N8S. The number of rotatable bonds is 3. The highest BCUT2D eigenvalue weighted by Gasteiger charge is 2.48. The van der Waals surface area contributed by atoms with Gasteiger partial charge in [0.25, 0.3) is 0 Å². The number of hydrogen-bond donors (Lipinski definition) is 0. The molecule has 30 heavy (non-hydrogen) atoms. The summed E-state index contributed by atoms with van der Waals surface area (Å²) >= 11 is 1.42. The van der Waals surface area contributed by atoms with Crippen molar-refractivity contribution in [2.75, 3.05) is 36.0 Å². The molecule has 5 rings (SSSR count). The van der Waals surface area contributed by atoms with Gasteiger partial charge in [0.05, 0.1) is 30.0 Å². The Balaban J connectivity index is 1.28. The van der Waals surface area contributed by atoms with Crippen LogP contribution in [0.15, 0.2) is 24.1 Å². The van der Waals surface area contributed by atoms with E-state index in [4.69, 9.17) is 4.98 Å². The van der Waals surface area contributed by atoms with E-state index in [-0.39, 0.29) is 5.41 Å². The maximum absolute atomic E-state index is 12.7. The van der Waals surface area contributed by atoms with Crippen LogP contribution in [0.25, 0.3) is 10.7 Å². The molecule has 2 aliphatic heterocycles. The molecule has 2 aliphatic rings. The summed E-state index contributed by atoms with van der Waals surface area (Å²) in [6.45, 7) is 5.11. The number of aromatic nitrogens is 6. The summed E-state index contributed by atoms with van der Waals surface area (Å²) < 4.78 is 38.0. The summed E-state index contributed by atoms with van der Waals surface area (Å²) in [4.78, 5) is 20.4. The van der Waals surface area contributed by atoms with Crippen molar-refractivity contribution in [3.63, 3.8) is 0 Å². The Morgan fingerprint density at radius 3 is 2.43 bits per heavy atom. The third kappa shape index (κ3) is 3.34. The van der Waals surface area contributed by atoms with Gasteiger partial charge in [0.2, 0.25) is 5.82 Å². The number of nitrogens with zero attached hydrogens (tertiary/aromatic N) is 8. The van der Waals surface area contributed by atoms with Crippen LogP contribution in [0.5, 0.6) is 0 Å².